The average Bonchev–Trinajstić information content (AvgIpc) is 2.40. The molecule has 0 saturated heterocycles. The molecule has 1 rings (SSSR count). The van der Waals surface area contributed by atoms with Gasteiger partial charge in [0.1, 0.15) is 6.07 Å². The Kier molecular flexibility index (Phi) is 5.96. The first-order valence-electron chi connectivity index (χ1n) is 5.59. The van der Waals surface area contributed by atoms with Crippen LogP contribution < -0.4 is 10.6 Å². The lowest BCUT2D eigenvalue weighted by Gasteiger charge is -2.10. The highest BCUT2D eigenvalue weighted by atomic mass is 79.9. The summed E-state index contributed by atoms with van der Waals surface area (Å²) in [6.45, 7) is -0.00227. The number of urea groups is 1. The highest BCUT2D eigenvalue weighted by Gasteiger charge is 2.13. The Morgan fingerprint density at radius 1 is 1.45 bits per heavy atom. The van der Waals surface area contributed by atoms with Gasteiger partial charge in [0.25, 0.3) is 0 Å². The Labute approximate surface area is 123 Å². The maximum Gasteiger partial charge on any atom is 0.332 e. The Morgan fingerprint density at radius 3 is 2.75 bits per heavy atom. The minimum absolute atomic E-state index is 0.00227. The van der Waals surface area contributed by atoms with Gasteiger partial charge in [-0.25, -0.2) is 9.59 Å². The van der Waals surface area contributed by atoms with Crippen LogP contribution in [-0.4, -0.2) is 34.9 Å². The van der Waals surface area contributed by atoms with Gasteiger partial charge in [-0.3, -0.25) is 0 Å². The molecule has 0 saturated carbocycles. The zero-order valence-electron chi connectivity index (χ0n) is 10.3. The number of carbonyl (C=O) groups excluding carboxylic acids is 1. The van der Waals surface area contributed by atoms with E-state index in [2.05, 4.69) is 26.6 Å². The van der Waals surface area contributed by atoms with Gasteiger partial charge in [-0.2, -0.15) is 5.26 Å². The van der Waals surface area contributed by atoms with E-state index in [0.717, 1.165) is 0 Å². The molecule has 7 nitrogen and oxygen atoms in total. The second-order valence-electron chi connectivity index (χ2n) is 3.83. The summed E-state index contributed by atoms with van der Waals surface area (Å²) in [6, 6.07) is 6.15. The Balaban J connectivity index is 2.51. The van der Waals surface area contributed by atoms with Gasteiger partial charge in [0, 0.05) is 17.4 Å². The fourth-order valence-electron chi connectivity index (χ4n) is 1.33. The van der Waals surface area contributed by atoms with E-state index in [0.29, 0.717) is 15.7 Å². The molecule has 4 N–H and O–H groups in total. The quantitative estimate of drug-likeness (QED) is 0.642. The fourth-order valence-corrected chi connectivity index (χ4v) is 1.69. The SMILES string of the molecule is N#Cc1cc(Br)ccc1NC(=O)NCCC(O)C(=O)O. The summed E-state index contributed by atoms with van der Waals surface area (Å²) in [5.74, 6) is -1.34. The highest BCUT2D eigenvalue weighted by Crippen LogP contribution is 2.20. The zero-order valence-corrected chi connectivity index (χ0v) is 11.8. The van der Waals surface area contributed by atoms with Gasteiger partial charge in [-0.05, 0) is 18.2 Å². The minimum atomic E-state index is -1.52. The Bertz CT molecular complexity index is 556. The number of carbonyl (C=O) groups is 2. The van der Waals surface area contributed by atoms with Crippen molar-refractivity contribution in [1.29, 1.82) is 5.26 Å². The molecule has 2 amide bonds. The molecular formula is C12H12BrN3O4. The number of hydrogen-bond donors (Lipinski definition) is 4. The first-order valence-corrected chi connectivity index (χ1v) is 6.38. The first-order chi connectivity index (χ1) is 9.43. The van der Waals surface area contributed by atoms with Crippen molar-refractivity contribution in [2.24, 2.45) is 0 Å². The predicted octanol–water partition coefficient (Wildman–Crippen LogP) is 1.28. The number of nitrogens with zero attached hydrogens (tertiary/aromatic N) is 1. The van der Waals surface area contributed by atoms with Crippen LogP contribution >= 0.6 is 15.9 Å². The number of aliphatic hydroxyl groups is 1. The van der Waals surface area contributed by atoms with Gasteiger partial charge in [0.2, 0.25) is 0 Å². The Hall–Kier alpha value is -2.11. The van der Waals surface area contributed by atoms with Crippen LogP contribution in [-0.2, 0) is 4.79 Å². The number of hydrogen-bond acceptors (Lipinski definition) is 4. The predicted molar refractivity (Wildman–Crippen MR) is 74.1 cm³/mol. The number of nitriles is 1. The monoisotopic (exact) mass is 341 g/mol. The maximum absolute atomic E-state index is 11.5. The number of rotatable bonds is 5. The van der Waals surface area contributed by atoms with E-state index < -0.39 is 18.1 Å². The van der Waals surface area contributed by atoms with Crippen molar-refractivity contribution in [3.8, 4) is 6.07 Å². The zero-order chi connectivity index (χ0) is 15.1. The van der Waals surface area contributed by atoms with Crippen molar-refractivity contribution >= 4 is 33.6 Å². The summed E-state index contributed by atoms with van der Waals surface area (Å²) in [7, 11) is 0. The molecule has 1 aromatic carbocycles. The molecule has 0 aliphatic heterocycles. The van der Waals surface area contributed by atoms with Crippen LogP contribution in [0.5, 0.6) is 0 Å². The summed E-state index contributed by atoms with van der Waals surface area (Å²) in [5.41, 5.74) is 0.632. The molecule has 0 aliphatic rings. The summed E-state index contributed by atoms with van der Waals surface area (Å²) >= 11 is 3.21. The largest absolute Gasteiger partial charge is 0.479 e. The third-order valence-electron chi connectivity index (χ3n) is 2.34. The van der Waals surface area contributed by atoms with E-state index in [4.69, 9.17) is 15.5 Å². The average molecular weight is 342 g/mol. The molecule has 8 heteroatoms. The van der Waals surface area contributed by atoms with E-state index in [1.54, 1.807) is 18.2 Å². The van der Waals surface area contributed by atoms with E-state index in [1.165, 1.54) is 0 Å². The van der Waals surface area contributed by atoms with Crippen LogP contribution in [0.1, 0.15) is 12.0 Å². The van der Waals surface area contributed by atoms with Crippen molar-refractivity contribution in [1.82, 2.24) is 5.32 Å². The number of carboxylic acid groups (broad SMARTS) is 1. The van der Waals surface area contributed by atoms with Gasteiger partial charge in [-0.15, -0.1) is 0 Å². The minimum Gasteiger partial charge on any atom is -0.479 e. The van der Waals surface area contributed by atoms with Gasteiger partial charge >= 0.3 is 12.0 Å². The summed E-state index contributed by atoms with van der Waals surface area (Å²) in [6.07, 6.45) is -1.62. The van der Waals surface area contributed by atoms with E-state index in [1.807, 2.05) is 6.07 Å². The number of anilines is 1. The third kappa shape index (κ3) is 4.87. The number of nitrogens with one attached hydrogen (secondary N) is 2. The van der Waals surface area contributed by atoms with Gasteiger partial charge < -0.3 is 20.8 Å². The van der Waals surface area contributed by atoms with Gasteiger partial charge in [0.15, 0.2) is 6.10 Å². The molecule has 0 heterocycles. The molecule has 106 valence electrons. The lowest BCUT2D eigenvalue weighted by molar-refractivity contribution is -0.146. The summed E-state index contributed by atoms with van der Waals surface area (Å²) in [5, 5.41) is 31.3. The molecule has 20 heavy (non-hydrogen) atoms. The fraction of sp³-hybridized carbons (Fsp3) is 0.250. The number of benzene rings is 1. The topological polar surface area (TPSA) is 122 Å². The lowest BCUT2D eigenvalue weighted by Crippen LogP contribution is -2.33. The molecule has 0 spiro atoms. The van der Waals surface area contributed by atoms with Crippen molar-refractivity contribution in [2.75, 3.05) is 11.9 Å². The number of aliphatic hydroxyl groups excluding tert-OH is 1. The third-order valence-corrected chi connectivity index (χ3v) is 2.83. The number of halogens is 1. The number of aliphatic carboxylic acids is 1. The van der Waals surface area contributed by atoms with Crippen molar-refractivity contribution in [3.63, 3.8) is 0 Å². The molecule has 0 fully saturated rings. The first kappa shape index (κ1) is 15.9. The number of carboxylic acids is 1. The second-order valence-corrected chi connectivity index (χ2v) is 4.74. The molecule has 1 aromatic rings. The number of amides is 2. The molecular weight excluding hydrogens is 330 g/mol. The maximum atomic E-state index is 11.5. The molecule has 1 atom stereocenters. The van der Waals surface area contributed by atoms with Crippen molar-refractivity contribution in [3.05, 3.63) is 28.2 Å². The van der Waals surface area contributed by atoms with Gasteiger partial charge in [-0.1, -0.05) is 15.9 Å². The van der Waals surface area contributed by atoms with Crippen LogP contribution in [0.3, 0.4) is 0 Å². The van der Waals surface area contributed by atoms with Crippen molar-refractivity contribution < 1.29 is 19.8 Å². The lowest BCUT2D eigenvalue weighted by atomic mass is 10.2. The smallest absolute Gasteiger partial charge is 0.332 e. The Morgan fingerprint density at radius 2 is 2.15 bits per heavy atom. The molecule has 0 aromatic heterocycles. The van der Waals surface area contributed by atoms with Crippen LogP contribution in [0.4, 0.5) is 10.5 Å². The molecule has 0 radical (unpaired) electrons. The summed E-state index contributed by atoms with van der Waals surface area (Å²) < 4.78 is 0.713. The van der Waals surface area contributed by atoms with E-state index in [-0.39, 0.29) is 13.0 Å². The summed E-state index contributed by atoms with van der Waals surface area (Å²) in [4.78, 5) is 21.9. The van der Waals surface area contributed by atoms with Crippen molar-refractivity contribution in [2.45, 2.75) is 12.5 Å². The molecule has 0 aliphatic carbocycles. The molecule has 1 unspecified atom stereocenters. The molecule has 0 bridgehead atoms. The van der Waals surface area contributed by atoms with E-state index >= 15 is 0 Å². The highest BCUT2D eigenvalue weighted by molar-refractivity contribution is 9.10. The second kappa shape index (κ2) is 7.47. The van der Waals surface area contributed by atoms with Crippen LogP contribution in [0, 0.1) is 11.3 Å². The normalized spacial score (nSPS) is 11.2. The van der Waals surface area contributed by atoms with E-state index in [9.17, 15) is 9.59 Å². The van der Waals surface area contributed by atoms with Crippen LogP contribution in [0.15, 0.2) is 22.7 Å². The standard InChI is InChI=1S/C12H12BrN3O4/c13-8-1-2-9(7(5-8)6-14)16-12(20)15-4-3-10(17)11(18)19/h1-2,5,10,17H,3-4H2,(H,18,19)(H2,15,16,20). The van der Waals surface area contributed by atoms with Gasteiger partial charge in [0.05, 0.1) is 11.3 Å². The van der Waals surface area contributed by atoms with Crippen LogP contribution in [0.2, 0.25) is 0 Å². The van der Waals surface area contributed by atoms with Crippen LogP contribution in [0.25, 0.3) is 0 Å².